The lowest BCUT2D eigenvalue weighted by atomic mass is 10.2. The second-order valence-corrected chi connectivity index (χ2v) is 7.69. The molecule has 2 heterocycles. The van der Waals surface area contributed by atoms with Crippen LogP contribution < -0.4 is 0 Å². The van der Waals surface area contributed by atoms with Gasteiger partial charge in [0.2, 0.25) is 5.13 Å². The van der Waals surface area contributed by atoms with Gasteiger partial charge in [-0.05, 0) is 35.5 Å². The summed E-state index contributed by atoms with van der Waals surface area (Å²) in [6.07, 6.45) is 1.75. The average molecular weight is 393 g/mol. The largest absolute Gasteiger partial charge is 0.508 e. The number of phenols is 1. The van der Waals surface area contributed by atoms with Gasteiger partial charge in [-0.3, -0.25) is 9.69 Å². The highest BCUT2D eigenvalue weighted by Gasteiger charge is 2.30. The molecule has 1 aliphatic heterocycles. The summed E-state index contributed by atoms with van der Waals surface area (Å²) in [5.41, 5.74) is 2.67. The van der Waals surface area contributed by atoms with E-state index >= 15 is 0 Å². The van der Waals surface area contributed by atoms with Gasteiger partial charge in [-0.15, -0.1) is 11.3 Å². The molecule has 1 amide bonds. The van der Waals surface area contributed by atoms with Crippen molar-refractivity contribution in [3.8, 4) is 17.0 Å². The Balaban J connectivity index is 1.59. The summed E-state index contributed by atoms with van der Waals surface area (Å²) in [6.45, 7) is 0. The number of aliphatic imine (C=N–C) groups is 1. The number of thioether (sulfide) groups is 1. The number of benzene rings is 2. The molecule has 5 nitrogen and oxygen atoms in total. The maximum absolute atomic E-state index is 12.5. The van der Waals surface area contributed by atoms with E-state index in [1.165, 1.54) is 28.0 Å². The quantitative estimate of drug-likeness (QED) is 0.652. The van der Waals surface area contributed by atoms with E-state index in [9.17, 15) is 9.90 Å². The minimum Gasteiger partial charge on any atom is -0.508 e. The number of hydrogen-bond acceptors (Lipinski definition) is 6. The minimum absolute atomic E-state index is 0.123. The summed E-state index contributed by atoms with van der Waals surface area (Å²) < 4.78 is 0. The fraction of sp³-hybridized carbons (Fsp3) is 0.0500. The van der Waals surface area contributed by atoms with E-state index in [1.54, 1.807) is 31.3 Å². The van der Waals surface area contributed by atoms with E-state index in [4.69, 9.17) is 0 Å². The van der Waals surface area contributed by atoms with Crippen molar-refractivity contribution in [1.29, 1.82) is 0 Å². The Labute approximate surface area is 164 Å². The molecule has 2 aromatic carbocycles. The first-order valence-electron chi connectivity index (χ1n) is 8.16. The van der Waals surface area contributed by atoms with Crippen LogP contribution in [0.2, 0.25) is 0 Å². The Morgan fingerprint density at radius 1 is 1.15 bits per heavy atom. The van der Waals surface area contributed by atoms with Crippen LogP contribution in [0.4, 0.5) is 5.13 Å². The van der Waals surface area contributed by atoms with E-state index in [-0.39, 0.29) is 11.7 Å². The Hall–Kier alpha value is -2.90. The molecule has 4 rings (SSSR count). The maximum atomic E-state index is 12.5. The number of hydrogen-bond donors (Lipinski definition) is 1. The van der Waals surface area contributed by atoms with E-state index in [1.807, 2.05) is 41.8 Å². The van der Waals surface area contributed by atoms with Gasteiger partial charge in [0.1, 0.15) is 5.75 Å². The third kappa shape index (κ3) is 3.79. The van der Waals surface area contributed by atoms with Crippen LogP contribution in [0.25, 0.3) is 17.3 Å². The van der Waals surface area contributed by atoms with Crippen molar-refractivity contribution in [1.82, 2.24) is 9.88 Å². The van der Waals surface area contributed by atoms with Gasteiger partial charge in [-0.25, -0.2) is 4.98 Å². The number of thiazole rings is 1. The van der Waals surface area contributed by atoms with E-state index in [2.05, 4.69) is 9.98 Å². The molecule has 1 aliphatic rings. The number of aromatic hydroxyl groups is 1. The molecule has 0 unspecified atom stereocenters. The SMILES string of the molecule is CN1C(=O)/C(=C/c2cccc(O)c2)S/C1=N/c1nc(-c2ccccc2)cs1. The number of carbonyl (C=O) groups excluding carboxylic acids is 1. The van der Waals surface area contributed by atoms with E-state index < -0.39 is 0 Å². The molecule has 0 atom stereocenters. The summed E-state index contributed by atoms with van der Waals surface area (Å²) in [6, 6.07) is 16.7. The Bertz CT molecular complexity index is 1060. The molecule has 1 aromatic heterocycles. The first kappa shape index (κ1) is 17.5. The van der Waals surface area contributed by atoms with Crippen molar-refractivity contribution in [2.75, 3.05) is 7.05 Å². The van der Waals surface area contributed by atoms with Crippen molar-refractivity contribution in [3.63, 3.8) is 0 Å². The smallest absolute Gasteiger partial charge is 0.266 e. The van der Waals surface area contributed by atoms with Crippen molar-refractivity contribution >= 4 is 45.4 Å². The lowest BCUT2D eigenvalue weighted by Gasteiger charge is -2.05. The average Bonchev–Trinajstić information content (AvgIpc) is 3.24. The zero-order valence-electron chi connectivity index (χ0n) is 14.4. The van der Waals surface area contributed by atoms with Gasteiger partial charge in [-0.1, -0.05) is 42.5 Å². The van der Waals surface area contributed by atoms with Gasteiger partial charge in [0.15, 0.2) is 5.17 Å². The molecule has 1 N–H and O–H groups in total. The maximum Gasteiger partial charge on any atom is 0.266 e. The lowest BCUT2D eigenvalue weighted by molar-refractivity contribution is -0.121. The zero-order valence-corrected chi connectivity index (χ0v) is 16.0. The molecular formula is C20H15N3O2S2. The first-order chi connectivity index (χ1) is 13.1. The van der Waals surface area contributed by atoms with E-state index in [0.717, 1.165) is 16.8 Å². The Morgan fingerprint density at radius 2 is 1.96 bits per heavy atom. The van der Waals surface area contributed by atoms with Crippen LogP contribution in [0.1, 0.15) is 5.56 Å². The Morgan fingerprint density at radius 3 is 2.74 bits per heavy atom. The van der Waals surface area contributed by atoms with Crippen LogP contribution in [0.3, 0.4) is 0 Å². The summed E-state index contributed by atoms with van der Waals surface area (Å²) in [5.74, 6) is 0.0419. The number of aromatic nitrogens is 1. The third-order valence-corrected chi connectivity index (χ3v) is 5.72. The standard InChI is InChI=1S/C20H15N3O2S2/c1-23-18(25)17(11-13-6-5-9-15(24)10-13)27-20(23)22-19-21-16(12-26-19)14-7-3-2-4-8-14/h2-12,24H,1H3/b17-11-,22-20+. The van der Waals surface area contributed by atoms with Gasteiger partial charge in [-0.2, -0.15) is 4.99 Å². The van der Waals surface area contributed by atoms with Crippen molar-refractivity contribution < 1.29 is 9.90 Å². The van der Waals surface area contributed by atoms with Crippen LogP contribution in [-0.2, 0) is 4.79 Å². The molecule has 0 aliphatic carbocycles. The molecule has 0 bridgehead atoms. The predicted octanol–water partition coefficient (Wildman–Crippen LogP) is 4.75. The van der Waals surface area contributed by atoms with Crippen molar-refractivity contribution in [2.45, 2.75) is 0 Å². The molecule has 7 heteroatoms. The summed E-state index contributed by atoms with van der Waals surface area (Å²) in [5, 5.41) is 12.7. The highest BCUT2D eigenvalue weighted by Crippen LogP contribution is 2.35. The number of rotatable bonds is 3. The number of nitrogens with zero attached hydrogens (tertiary/aromatic N) is 3. The Kier molecular flexibility index (Phi) is 4.79. The number of phenolic OH excluding ortho intramolecular Hbond substituents is 1. The van der Waals surface area contributed by atoms with E-state index in [0.29, 0.717) is 15.2 Å². The second-order valence-electron chi connectivity index (χ2n) is 5.85. The molecule has 27 heavy (non-hydrogen) atoms. The summed E-state index contributed by atoms with van der Waals surface area (Å²) in [4.78, 5) is 23.7. The fourth-order valence-electron chi connectivity index (χ4n) is 2.56. The third-order valence-electron chi connectivity index (χ3n) is 3.92. The molecule has 1 saturated heterocycles. The summed E-state index contributed by atoms with van der Waals surface area (Å²) >= 11 is 2.74. The molecule has 0 spiro atoms. The second kappa shape index (κ2) is 7.38. The molecule has 3 aromatic rings. The van der Waals surface area contributed by atoms with Gasteiger partial charge in [0.25, 0.3) is 5.91 Å². The molecular weight excluding hydrogens is 378 g/mol. The molecule has 1 fully saturated rings. The van der Waals surface area contributed by atoms with Crippen molar-refractivity contribution in [3.05, 3.63) is 70.4 Å². The van der Waals surface area contributed by atoms with Crippen LogP contribution in [-0.4, -0.2) is 33.1 Å². The number of carbonyl (C=O) groups is 1. The van der Waals surface area contributed by atoms with Gasteiger partial charge in [0.05, 0.1) is 10.6 Å². The number of amides is 1. The minimum atomic E-state index is -0.123. The lowest BCUT2D eigenvalue weighted by Crippen LogP contribution is -2.23. The van der Waals surface area contributed by atoms with Crippen LogP contribution in [0, 0.1) is 0 Å². The fourth-order valence-corrected chi connectivity index (χ4v) is 4.28. The topological polar surface area (TPSA) is 65.8 Å². The van der Waals surface area contributed by atoms with Gasteiger partial charge >= 0.3 is 0 Å². The van der Waals surface area contributed by atoms with Crippen LogP contribution in [0.15, 0.2) is 69.9 Å². The molecule has 0 radical (unpaired) electrons. The highest BCUT2D eigenvalue weighted by atomic mass is 32.2. The van der Waals surface area contributed by atoms with Crippen LogP contribution >= 0.6 is 23.1 Å². The normalized spacial score (nSPS) is 17.2. The molecule has 134 valence electrons. The van der Waals surface area contributed by atoms with Gasteiger partial charge < -0.3 is 5.11 Å². The van der Waals surface area contributed by atoms with Gasteiger partial charge in [0, 0.05) is 18.0 Å². The first-order valence-corrected chi connectivity index (χ1v) is 9.86. The predicted molar refractivity (Wildman–Crippen MR) is 111 cm³/mol. The molecule has 0 saturated carbocycles. The van der Waals surface area contributed by atoms with Crippen molar-refractivity contribution in [2.24, 2.45) is 4.99 Å². The number of amidine groups is 1. The zero-order chi connectivity index (χ0) is 18.8. The monoisotopic (exact) mass is 393 g/mol. The summed E-state index contributed by atoms with van der Waals surface area (Å²) in [7, 11) is 1.70. The number of likely N-dealkylation sites (N-methyl/N-ethyl adjacent to an activating group) is 1. The highest BCUT2D eigenvalue weighted by molar-refractivity contribution is 8.18. The van der Waals surface area contributed by atoms with Crippen LogP contribution in [0.5, 0.6) is 5.75 Å².